The number of hydrogen-bond acceptors (Lipinski definition) is 4. The van der Waals surface area contributed by atoms with Crippen LogP contribution in [0.1, 0.15) is 38.5 Å². The zero-order chi connectivity index (χ0) is 20.5. The van der Waals surface area contributed by atoms with Gasteiger partial charge in [-0.3, -0.25) is 9.59 Å². The van der Waals surface area contributed by atoms with Gasteiger partial charge in [-0.1, -0.05) is 37.1 Å². The lowest BCUT2D eigenvalue weighted by molar-refractivity contribution is -0.118. The fraction of sp³-hybridized carbons (Fsp3) is 0.364. The number of carbonyl (C=O) groups is 2. The summed E-state index contributed by atoms with van der Waals surface area (Å²) in [5, 5.41) is 5.63. The van der Waals surface area contributed by atoms with Crippen LogP contribution in [0.15, 0.2) is 59.5 Å². The fourth-order valence-electron chi connectivity index (χ4n) is 3.90. The topological polar surface area (TPSA) is 92.3 Å². The summed E-state index contributed by atoms with van der Waals surface area (Å²) in [6, 6.07) is 15.0. The summed E-state index contributed by atoms with van der Waals surface area (Å²) in [6.07, 6.45) is 3.79. The minimum Gasteiger partial charge on any atom is -0.326 e. The second-order valence-corrected chi connectivity index (χ2v) is 10.1. The van der Waals surface area contributed by atoms with E-state index in [1.54, 1.807) is 42.5 Å². The number of carbonyl (C=O) groups excluding carboxylic acids is 2. The van der Waals surface area contributed by atoms with Crippen molar-refractivity contribution in [2.75, 3.05) is 10.6 Å². The van der Waals surface area contributed by atoms with Gasteiger partial charge in [0.25, 0.3) is 0 Å². The maximum atomic E-state index is 13.4. The van der Waals surface area contributed by atoms with Gasteiger partial charge in [0, 0.05) is 17.3 Å². The van der Waals surface area contributed by atoms with Crippen molar-refractivity contribution >= 4 is 33.0 Å². The van der Waals surface area contributed by atoms with E-state index in [0.717, 1.165) is 12.8 Å². The molecule has 0 heterocycles. The molecule has 0 aliphatic heterocycles. The van der Waals surface area contributed by atoms with Crippen LogP contribution < -0.4 is 10.6 Å². The van der Waals surface area contributed by atoms with Crippen LogP contribution in [0.3, 0.4) is 0 Å². The Morgan fingerprint density at radius 3 is 2.10 bits per heavy atom. The molecule has 29 heavy (non-hydrogen) atoms. The summed E-state index contributed by atoms with van der Waals surface area (Å²) in [6.45, 7) is 0. The molecule has 152 valence electrons. The Balaban J connectivity index is 1.58. The van der Waals surface area contributed by atoms with Gasteiger partial charge in [0.15, 0.2) is 14.6 Å². The zero-order valence-electron chi connectivity index (χ0n) is 16.1. The van der Waals surface area contributed by atoms with Crippen LogP contribution in [0.25, 0.3) is 0 Å². The molecule has 2 aliphatic rings. The van der Waals surface area contributed by atoms with E-state index < -0.39 is 20.5 Å². The number of hydrogen-bond donors (Lipinski definition) is 2. The Kier molecular flexibility index (Phi) is 5.17. The van der Waals surface area contributed by atoms with Gasteiger partial charge in [-0.15, -0.1) is 0 Å². The second kappa shape index (κ2) is 7.63. The van der Waals surface area contributed by atoms with Crippen LogP contribution in [0.4, 0.5) is 11.4 Å². The largest absolute Gasteiger partial charge is 0.326 e. The monoisotopic (exact) mass is 412 g/mol. The molecular weight excluding hydrogens is 388 g/mol. The molecule has 2 amide bonds. The van der Waals surface area contributed by atoms with Crippen LogP contribution in [0.5, 0.6) is 0 Å². The molecule has 2 saturated carbocycles. The molecule has 0 unspecified atom stereocenters. The highest BCUT2D eigenvalue weighted by molar-refractivity contribution is 7.93. The maximum Gasteiger partial charge on any atom is 0.246 e. The first kappa shape index (κ1) is 19.6. The molecule has 7 heteroatoms. The van der Waals surface area contributed by atoms with Gasteiger partial charge in [-0.25, -0.2) is 8.42 Å². The Morgan fingerprint density at radius 1 is 0.862 bits per heavy atom. The number of anilines is 2. The molecule has 0 radical (unpaired) electrons. The van der Waals surface area contributed by atoms with E-state index in [4.69, 9.17) is 0 Å². The Labute approximate surface area is 170 Å². The third kappa shape index (κ3) is 3.79. The third-order valence-electron chi connectivity index (χ3n) is 5.73. The van der Waals surface area contributed by atoms with Crippen molar-refractivity contribution in [1.82, 2.24) is 0 Å². The number of amides is 2. The molecule has 0 saturated heterocycles. The van der Waals surface area contributed by atoms with Crippen LogP contribution >= 0.6 is 0 Å². The lowest BCUT2D eigenvalue weighted by Gasteiger charge is -2.27. The molecule has 2 N–H and O–H groups in total. The second-order valence-electron chi connectivity index (χ2n) is 7.82. The van der Waals surface area contributed by atoms with Crippen molar-refractivity contribution in [2.45, 2.75) is 48.2 Å². The molecule has 2 aromatic carbocycles. The van der Waals surface area contributed by atoms with Crippen molar-refractivity contribution in [2.24, 2.45) is 5.92 Å². The first-order valence-electron chi connectivity index (χ1n) is 9.94. The smallest absolute Gasteiger partial charge is 0.246 e. The van der Waals surface area contributed by atoms with Gasteiger partial charge < -0.3 is 10.6 Å². The predicted molar refractivity (Wildman–Crippen MR) is 111 cm³/mol. The third-order valence-corrected chi connectivity index (χ3v) is 8.24. The highest BCUT2D eigenvalue weighted by Gasteiger charge is 2.52. The Hall–Kier alpha value is -2.67. The van der Waals surface area contributed by atoms with E-state index in [1.165, 1.54) is 12.1 Å². The molecule has 0 bridgehead atoms. The number of benzene rings is 2. The average Bonchev–Trinajstić information content (AvgIpc) is 3.45. The molecule has 2 fully saturated rings. The maximum absolute atomic E-state index is 13.4. The highest BCUT2D eigenvalue weighted by atomic mass is 32.2. The summed E-state index contributed by atoms with van der Waals surface area (Å²) in [5.41, 5.74) is 1.06. The highest BCUT2D eigenvalue weighted by Crippen LogP contribution is 2.41. The van der Waals surface area contributed by atoms with Crippen molar-refractivity contribution in [3.05, 3.63) is 54.6 Å². The molecule has 6 nitrogen and oxygen atoms in total. The van der Waals surface area contributed by atoms with Crippen LogP contribution in [-0.2, 0) is 19.4 Å². The predicted octanol–water partition coefficient (Wildman–Crippen LogP) is 3.76. The van der Waals surface area contributed by atoms with Crippen LogP contribution in [0.2, 0.25) is 0 Å². The zero-order valence-corrected chi connectivity index (χ0v) is 16.9. The summed E-state index contributed by atoms with van der Waals surface area (Å²) in [4.78, 5) is 25.4. The first-order chi connectivity index (χ1) is 13.9. The van der Waals surface area contributed by atoms with E-state index in [2.05, 4.69) is 10.6 Å². The summed E-state index contributed by atoms with van der Waals surface area (Å²) in [5.74, 6) is -0.456. The minimum absolute atomic E-state index is 0.0209. The Morgan fingerprint density at radius 2 is 1.48 bits per heavy atom. The molecule has 4 rings (SSSR count). The number of sulfone groups is 1. The quantitative estimate of drug-likeness (QED) is 0.756. The summed E-state index contributed by atoms with van der Waals surface area (Å²) in [7, 11) is -3.83. The van der Waals surface area contributed by atoms with E-state index in [-0.39, 0.29) is 16.7 Å². The van der Waals surface area contributed by atoms with E-state index in [0.29, 0.717) is 37.1 Å². The van der Waals surface area contributed by atoms with E-state index >= 15 is 0 Å². The molecule has 0 spiro atoms. The lowest BCUT2D eigenvalue weighted by atomic mass is 10.1. The van der Waals surface area contributed by atoms with Gasteiger partial charge in [0.05, 0.1) is 4.90 Å². The summed E-state index contributed by atoms with van der Waals surface area (Å²) >= 11 is 0. The van der Waals surface area contributed by atoms with Crippen LogP contribution in [-0.4, -0.2) is 25.0 Å². The Bertz CT molecular complexity index is 1020. The SMILES string of the molecule is O=C(Nc1cccc(NC(=O)C2(S(=O)(=O)c3ccccc3)CCCC2)c1)C1CC1. The van der Waals surface area contributed by atoms with Gasteiger partial charge in [-0.2, -0.15) is 0 Å². The molecule has 0 aromatic heterocycles. The molecule has 0 atom stereocenters. The number of nitrogens with one attached hydrogen (secondary N) is 2. The average molecular weight is 413 g/mol. The number of rotatable bonds is 6. The molecule has 2 aliphatic carbocycles. The first-order valence-corrected chi connectivity index (χ1v) is 11.4. The standard InChI is InChI=1S/C22H24N2O4S/c25-20(16-11-12-16)23-17-7-6-8-18(15-17)24-21(26)22(13-4-5-14-22)29(27,28)19-9-2-1-3-10-19/h1-3,6-10,15-16H,4-5,11-14H2,(H,23,25)(H,24,26). The van der Waals surface area contributed by atoms with Gasteiger partial charge in [0.1, 0.15) is 0 Å². The van der Waals surface area contributed by atoms with Gasteiger partial charge in [-0.05, 0) is 56.0 Å². The summed E-state index contributed by atoms with van der Waals surface area (Å²) < 4.78 is 25.3. The van der Waals surface area contributed by atoms with Crippen molar-refractivity contribution < 1.29 is 18.0 Å². The molecule has 2 aromatic rings. The van der Waals surface area contributed by atoms with Gasteiger partial charge >= 0.3 is 0 Å². The molecular formula is C22H24N2O4S. The van der Waals surface area contributed by atoms with Crippen molar-refractivity contribution in [3.8, 4) is 0 Å². The van der Waals surface area contributed by atoms with Gasteiger partial charge in [0.2, 0.25) is 11.8 Å². The van der Waals surface area contributed by atoms with Crippen molar-refractivity contribution in [3.63, 3.8) is 0 Å². The minimum atomic E-state index is -3.83. The lowest BCUT2D eigenvalue weighted by Crippen LogP contribution is -2.47. The van der Waals surface area contributed by atoms with Crippen molar-refractivity contribution in [1.29, 1.82) is 0 Å². The van der Waals surface area contributed by atoms with Crippen LogP contribution in [0, 0.1) is 5.92 Å². The van der Waals surface area contributed by atoms with E-state index in [1.807, 2.05) is 0 Å². The van der Waals surface area contributed by atoms with E-state index in [9.17, 15) is 18.0 Å². The normalized spacial score (nSPS) is 18.2. The fourth-order valence-corrected chi connectivity index (χ4v) is 5.99.